The molecule has 0 aliphatic carbocycles. The average Bonchev–Trinajstić information content (AvgIpc) is 2.94. The molecule has 0 saturated carbocycles. The van der Waals surface area contributed by atoms with Crippen molar-refractivity contribution in [1.29, 1.82) is 0 Å². The second kappa shape index (κ2) is 8.66. The SMILES string of the molecule is CCOc1cc(/C=C2/NC(=O)N(c3cccc(Cl)c3)C2=O)ccc1OCC(=O)O. The Hall–Kier alpha value is -3.52. The van der Waals surface area contributed by atoms with Gasteiger partial charge < -0.3 is 19.9 Å². The molecule has 9 heteroatoms. The van der Waals surface area contributed by atoms with Crippen LogP contribution < -0.4 is 19.7 Å². The van der Waals surface area contributed by atoms with Gasteiger partial charge >= 0.3 is 12.0 Å². The van der Waals surface area contributed by atoms with E-state index in [0.29, 0.717) is 28.6 Å². The van der Waals surface area contributed by atoms with Crippen molar-refractivity contribution in [2.75, 3.05) is 18.1 Å². The summed E-state index contributed by atoms with van der Waals surface area (Å²) in [6.45, 7) is 1.60. The van der Waals surface area contributed by atoms with E-state index in [1.165, 1.54) is 18.2 Å². The zero-order valence-electron chi connectivity index (χ0n) is 15.3. The zero-order chi connectivity index (χ0) is 21.0. The van der Waals surface area contributed by atoms with Gasteiger partial charge in [0.25, 0.3) is 5.91 Å². The highest BCUT2D eigenvalue weighted by molar-refractivity contribution is 6.32. The Bertz CT molecular complexity index is 1000. The fourth-order valence-corrected chi connectivity index (χ4v) is 2.88. The number of nitrogens with one attached hydrogen (secondary N) is 1. The number of halogens is 1. The molecule has 29 heavy (non-hydrogen) atoms. The van der Waals surface area contributed by atoms with Crippen molar-refractivity contribution < 1.29 is 29.0 Å². The van der Waals surface area contributed by atoms with E-state index in [9.17, 15) is 14.4 Å². The normalized spacial score (nSPS) is 14.8. The zero-order valence-corrected chi connectivity index (χ0v) is 16.1. The number of carboxylic acids is 1. The maximum absolute atomic E-state index is 12.7. The smallest absolute Gasteiger partial charge is 0.341 e. The van der Waals surface area contributed by atoms with Crippen molar-refractivity contribution in [3.05, 3.63) is 58.7 Å². The lowest BCUT2D eigenvalue weighted by atomic mass is 10.1. The van der Waals surface area contributed by atoms with Crippen molar-refractivity contribution in [3.8, 4) is 11.5 Å². The third-order valence-electron chi connectivity index (χ3n) is 3.87. The second-order valence-electron chi connectivity index (χ2n) is 5.93. The molecule has 0 unspecified atom stereocenters. The van der Waals surface area contributed by atoms with Crippen LogP contribution in [0.15, 0.2) is 48.2 Å². The number of benzene rings is 2. The van der Waals surface area contributed by atoms with Gasteiger partial charge in [-0.2, -0.15) is 0 Å². The molecule has 0 radical (unpaired) electrons. The Labute approximate surface area is 171 Å². The van der Waals surface area contributed by atoms with Crippen LogP contribution >= 0.6 is 11.6 Å². The fraction of sp³-hybridized carbons (Fsp3) is 0.150. The number of aliphatic carboxylic acids is 1. The first kappa shape index (κ1) is 20.2. The number of anilines is 1. The van der Waals surface area contributed by atoms with E-state index < -0.39 is 24.5 Å². The summed E-state index contributed by atoms with van der Waals surface area (Å²) >= 11 is 5.95. The monoisotopic (exact) mass is 416 g/mol. The van der Waals surface area contributed by atoms with Gasteiger partial charge in [-0.15, -0.1) is 0 Å². The number of carboxylic acid groups (broad SMARTS) is 1. The van der Waals surface area contributed by atoms with E-state index in [-0.39, 0.29) is 11.4 Å². The largest absolute Gasteiger partial charge is 0.490 e. The highest BCUT2D eigenvalue weighted by atomic mass is 35.5. The number of ether oxygens (including phenoxy) is 2. The van der Waals surface area contributed by atoms with E-state index in [2.05, 4.69) is 5.32 Å². The molecule has 1 saturated heterocycles. The summed E-state index contributed by atoms with van der Waals surface area (Å²) in [5, 5.41) is 11.7. The van der Waals surface area contributed by atoms with Gasteiger partial charge in [-0.25, -0.2) is 14.5 Å². The summed E-state index contributed by atoms with van der Waals surface area (Å²) < 4.78 is 10.7. The van der Waals surface area contributed by atoms with Gasteiger partial charge in [0.15, 0.2) is 18.1 Å². The molecular weight excluding hydrogens is 400 g/mol. The standard InChI is InChI=1S/C20H17ClN2O6/c1-2-28-17-9-12(6-7-16(17)29-11-18(24)25)8-15-19(26)23(20(27)22-15)14-5-3-4-13(21)10-14/h3-10H,2,11H2,1H3,(H,22,27)(H,24,25)/b15-8+. The summed E-state index contributed by atoms with van der Waals surface area (Å²) in [7, 11) is 0. The predicted octanol–water partition coefficient (Wildman–Crippen LogP) is 3.30. The minimum Gasteiger partial charge on any atom is -0.490 e. The van der Waals surface area contributed by atoms with E-state index >= 15 is 0 Å². The van der Waals surface area contributed by atoms with Gasteiger partial charge in [0, 0.05) is 5.02 Å². The van der Waals surface area contributed by atoms with Crippen molar-refractivity contribution in [3.63, 3.8) is 0 Å². The number of rotatable bonds is 7. The summed E-state index contributed by atoms with van der Waals surface area (Å²) in [5.41, 5.74) is 1.00. The molecule has 2 aromatic carbocycles. The molecule has 1 aliphatic rings. The first-order valence-electron chi connectivity index (χ1n) is 8.63. The quantitative estimate of drug-likeness (QED) is 0.530. The van der Waals surface area contributed by atoms with E-state index in [1.54, 1.807) is 37.3 Å². The topological polar surface area (TPSA) is 105 Å². The highest BCUT2D eigenvalue weighted by Crippen LogP contribution is 2.30. The van der Waals surface area contributed by atoms with E-state index in [0.717, 1.165) is 4.90 Å². The van der Waals surface area contributed by atoms with Crippen LogP contribution in [0.1, 0.15) is 12.5 Å². The molecule has 2 aromatic rings. The van der Waals surface area contributed by atoms with Crippen LogP contribution in [0.4, 0.5) is 10.5 Å². The molecule has 150 valence electrons. The maximum Gasteiger partial charge on any atom is 0.341 e. The van der Waals surface area contributed by atoms with E-state index in [4.69, 9.17) is 26.2 Å². The Morgan fingerprint density at radius 1 is 1.17 bits per heavy atom. The molecule has 0 atom stereocenters. The van der Waals surface area contributed by atoms with Gasteiger partial charge in [0.1, 0.15) is 5.70 Å². The van der Waals surface area contributed by atoms with Gasteiger partial charge in [-0.1, -0.05) is 23.7 Å². The number of hydrogen-bond donors (Lipinski definition) is 2. The molecule has 2 N–H and O–H groups in total. The molecule has 1 heterocycles. The third kappa shape index (κ3) is 4.67. The second-order valence-corrected chi connectivity index (χ2v) is 6.37. The number of urea groups is 1. The van der Waals surface area contributed by atoms with E-state index in [1.807, 2.05) is 0 Å². The van der Waals surface area contributed by atoms with Crippen LogP contribution in [0, 0.1) is 0 Å². The predicted molar refractivity (Wildman–Crippen MR) is 106 cm³/mol. The maximum atomic E-state index is 12.7. The third-order valence-corrected chi connectivity index (χ3v) is 4.11. The van der Waals surface area contributed by atoms with Crippen LogP contribution in [-0.2, 0) is 9.59 Å². The van der Waals surface area contributed by atoms with Crippen molar-refractivity contribution in [2.45, 2.75) is 6.92 Å². The lowest BCUT2D eigenvalue weighted by Crippen LogP contribution is -2.30. The number of carbonyl (C=O) groups is 3. The number of carbonyl (C=O) groups excluding carboxylic acids is 2. The summed E-state index contributed by atoms with van der Waals surface area (Å²) in [6.07, 6.45) is 1.49. The van der Waals surface area contributed by atoms with Crippen molar-refractivity contribution >= 4 is 41.3 Å². The van der Waals surface area contributed by atoms with Gasteiger partial charge in [-0.3, -0.25) is 4.79 Å². The van der Waals surface area contributed by atoms with Crippen molar-refractivity contribution in [2.24, 2.45) is 0 Å². The number of nitrogens with zero attached hydrogens (tertiary/aromatic N) is 1. The van der Waals surface area contributed by atoms with Gasteiger partial charge in [0.05, 0.1) is 12.3 Å². The first-order chi connectivity index (χ1) is 13.9. The average molecular weight is 417 g/mol. The Balaban J connectivity index is 1.87. The van der Waals surface area contributed by atoms with Crippen LogP contribution in [0.3, 0.4) is 0 Å². The molecule has 3 rings (SSSR count). The number of imide groups is 1. The van der Waals surface area contributed by atoms with Crippen LogP contribution in [-0.4, -0.2) is 36.2 Å². The lowest BCUT2D eigenvalue weighted by Gasteiger charge is -2.12. The Morgan fingerprint density at radius 3 is 2.66 bits per heavy atom. The number of amides is 3. The molecule has 1 aliphatic heterocycles. The molecule has 0 spiro atoms. The fourth-order valence-electron chi connectivity index (χ4n) is 2.69. The minimum atomic E-state index is -1.11. The van der Waals surface area contributed by atoms with Crippen molar-refractivity contribution in [1.82, 2.24) is 5.32 Å². The molecular formula is C20H17ClN2O6. The summed E-state index contributed by atoms with van der Waals surface area (Å²) in [4.78, 5) is 36.7. The highest BCUT2D eigenvalue weighted by Gasteiger charge is 2.34. The molecule has 0 bridgehead atoms. The number of hydrogen-bond acceptors (Lipinski definition) is 5. The first-order valence-corrected chi connectivity index (χ1v) is 9.01. The molecule has 1 fully saturated rings. The molecule has 8 nitrogen and oxygen atoms in total. The molecule has 0 aromatic heterocycles. The summed E-state index contributed by atoms with van der Waals surface area (Å²) in [5.74, 6) is -1.05. The summed E-state index contributed by atoms with van der Waals surface area (Å²) in [6, 6.07) is 10.6. The van der Waals surface area contributed by atoms with Gasteiger partial charge in [-0.05, 0) is 48.9 Å². The van der Waals surface area contributed by atoms with Crippen LogP contribution in [0.5, 0.6) is 11.5 Å². The molecule has 3 amide bonds. The van der Waals surface area contributed by atoms with Crippen LogP contribution in [0.2, 0.25) is 5.02 Å². The van der Waals surface area contributed by atoms with Gasteiger partial charge in [0.2, 0.25) is 0 Å². The Kier molecular flexibility index (Phi) is 6.04. The Morgan fingerprint density at radius 2 is 1.97 bits per heavy atom. The minimum absolute atomic E-state index is 0.0802. The van der Waals surface area contributed by atoms with Crippen LogP contribution in [0.25, 0.3) is 6.08 Å². The lowest BCUT2D eigenvalue weighted by molar-refractivity contribution is -0.139.